The van der Waals surface area contributed by atoms with Gasteiger partial charge in [0.2, 0.25) is 0 Å². The van der Waals surface area contributed by atoms with Gasteiger partial charge in [-0.1, -0.05) is 30.3 Å². The van der Waals surface area contributed by atoms with Gasteiger partial charge in [-0.3, -0.25) is 14.9 Å². The van der Waals surface area contributed by atoms with Crippen LogP contribution in [0, 0.1) is 10.1 Å². The summed E-state index contributed by atoms with van der Waals surface area (Å²) in [4.78, 5) is 21.7. The number of methoxy groups -OCH3 is 1. The highest BCUT2D eigenvalue weighted by Crippen LogP contribution is 2.30. The second kappa shape index (κ2) is 6.71. The van der Waals surface area contributed by atoms with Crippen LogP contribution in [0.5, 0.6) is 5.75 Å². The summed E-state index contributed by atoms with van der Waals surface area (Å²) < 4.78 is 5.21. The highest BCUT2D eigenvalue weighted by Gasteiger charge is 2.23. The van der Waals surface area contributed by atoms with E-state index < -0.39 is 16.8 Å². The highest BCUT2D eigenvalue weighted by atomic mass is 16.6. The third kappa shape index (κ3) is 3.41. The monoisotopic (exact) mass is 301 g/mol. The molecule has 2 aromatic rings. The number of carboxylic acid groups (broad SMARTS) is 1. The maximum absolute atomic E-state index is 11.6. The number of aliphatic carboxylic acids is 1. The Morgan fingerprint density at radius 1 is 1.23 bits per heavy atom. The van der Waals surface area contributed by atoms with Crippen molar-refractivity contribution in [1.29, 1.82) is 0 Å². The van der Waals surface area contributed by atoms with Gasteiger partial charge in [0.1, 0.15) is 5.75 Å². The lowest BCUT2D eigenvalue weighted by Gasteiger charge is -2.16. The Morgan fingerprint density at radius 3 is 2.41 bits per heavy atom. The van der Waals surface area contributed by atoms with E-state index in [2.05, 4.69) is 0 Å². The number of hydrogen-bond donors (Lipinski definition) is 1. The number of nitro groups is 1. The van der Waals surface area contributed by atoms with Crippen molar-refractivity contribution in [3.05, 3.63) is 69.8 Å². The van der Waals surface area contributed by atoms with E-state index in [9.17, 15) is 20.0 Å². The average molecular weight is 301 g/mol. The van der Waals surface area contributed by atoms with Crippen molar-refractivity contribution in [3.8, 4) is 5.75 Å². The van der Waals surface area contributed by atoms with E-state index in [1.54, 1.807) is 36.4 Å². The van der Waals surface area contributed by atoms with Crippen molar-refractivity contribution < 1.29 is 19.6 Å². The number of hydrogen-bond acceptors (Lipinski definition) is 4. The molecule has 0 aliphatic rings. The van der Waals surface area contributed by atoms with Crippen molar-refractivity contribution in [3.63, 3.8) is 0 Å². The molecule has 2 rings (SSSR count). The molecule has 0 saturated heterocycles. The van der Waals surface area contributed by atoms with Gasteiger partial charge in [0.05, 0.1) is 18.0 Å². The summed E-state index contributed by atoms with van der Waals surface area (Å²) in [6.07, 6.45) is 0.230. The molecule has 0 heterocycles. The molecule has 0 spiro atoms. The zero-order chi connectivity index (χ0) is 16.1. The van der Waals surface area contributed by atoms with Crippen LogP contribution < -0.4 is 4.74 Å². The van der Waals surface area contributed by atoms with E-state index in [0.717, 1.165) is 0 Å². The Bertz CT molecular complexity index is 681. The van der Waals surface area contributed by atoms with E-state index in [1.807, 2.05) is 0 Å². The fourth-order valence-electron chi connectivity index (χ4n) is 2.27. The summed E-state index contributed by atoms with van der Waals surface area (Å²) in [6.45, 7) is 0. The van der Waals surface area contributed by atoms with Crippen LogP contribution in [-0.2, 0) is 11.2 Å². The number of ether oxygens (including phenoxy) is 1. The van der Waals surface area contributed by atoms with E-state index >= 15 is 0 Å². The topological polar surface area (TPSA) is 89.7 Å². The lowest BCUT2D eigenvalue weighted by molar-refractivity contribution is -0.384. The van der Waals surface area contributed by atoms with Crippen LogP contribution in [0.3, 0.4) is 0 Å². The predicted molar refractivity (Wildman–Crippen MR) is 80.2 cm³/mol. The molecule has 22 heavy (non-hydrogen) atoms. The van der Waals surface area contributed by atoms with Crippen molar-refractivity contribution in [2.45, 2.75) is 12.3 Å². The van der Waals surface area contributed by atoms with Gasteiger partial charge in [-0.15, -0.1) is 0 Å². The Labute approximate surface area is 127 Å². The normalized spacial score (nSPS) is 11.7. The summed E-state index contributed by atoms with van der Waals surface area (Å²) in [5, 5.41) is 20.1. The van der Waals surface area contributed by atoms with Crippen LogP contribution in [0.4, 0.5) is 5.69 Å². The van der Waals surface area contributed by atoms with Crippen LogP contribution in [-0.4, -0.2) is 23.1 Å². The lowest BCUT2D eigenvalue weighted by Crippen LogP contribution is -2.15. The smallest absolute Gasteiger partial charge is 0.311 e. The summed E-state index contributed by atoms with van der Waals surface area (Å²) in [7, 11) is 1.49. The third-order valence-corrected chi connectivity index (χ3v) is 3.40. The average Bonchev–Trinajstić information content (AvgIpc) is 2.52. The van der Waals surface area contributed by atoms with E-state index in [0.29, 0.717) is 16.9 Å². The number of carbonyl (C=O) groups is 1. The second-order valence-electron chi connectivity index (χ2n) is 4.76. The molecule has 0 radical (unpaired) electrons. The van der Waals surface area contributed by atoms with Crippen molar-refractivity contribution >= 4 is 11.7 Å². The molecule has 0 saturated carbocycles. The molecule has 114 valence electrons. The molecule has 6 nitrogen and oxygen atoms in total. The number of carboxylic acids is 1. The molecule has 0 amide bonds. The molecule has 1 N–H and O–H groups in total. The number of benzene rings is 2. The summed E-state index contributed by atoms with van der Waals surface area (Å²) in [5.74, 6) is -1.24. The Kier molecular flexibility index (Phi) is 4.73. The number of nitro benzene ring substituents is 1. The minimum absolute atomic E-state index is 0.0204. The molecule has 0 aliphatic heterocycles. The van der Waals surface area contributed by atoms with Crippen LogP contribution >= 0.6 is 0 Å². The number of non-ortho nitro benzene ring substituents is 1. The Morgan fingerprint density at radius 2 is 1.86 bits per heavy atom. The number of rotatable bonds is 6. The molecule has 0 aliphatic carbocycles. The third-order valence-electron chi connectivity index (χ3n) is 3.40. The quantitative estimate of drug-likeness (QED) is 0.654. The number of para-hydroxylation sites is 1. The van der Waals surface area contributed by atoms with E-state index in [4.69, 9.17) is 4.74 Å². The summed E-state index contributed by atoms with van der Waals surface area (Å²) in [6, 6.07) is 12.8. The first-order valence-electron chi connectivity index (χ1n) is 6.62. The molecule has 0 aromatic heterocycles. The first-order valence-corrected chi connectivity index (χ1v) is 6.62. The largest absolute Gasteiger partial charge is 0.496 e. The van der Waals surface area contributed by atoms with Gasteiger partial charge in [-0.2, -0.15) is 0 Å². The minimum Gasteiger partial charge on any atom is -0.496 e. The first kappa shape index (κ1) is 15.5. The van der Waals surface area contributed by atoms with Crippen molar-refractivity contribution in [1.82, 2.24) is 0 Å². The molecule has 0 fully saturated rings. The zero-order valence-corrected chi connectivity index (χ0v) is 11.9. The van der Waals surface area contributed by atoms with Gasteiger partial charge in [0.15, 0.2) is 0 Å². The van der Waals surface area contributed by atoms with Gasteiger partial charge < -0.3 is 9.84 Å². The molecule has 2 aromatic carbocycles. The molecule has 1 unspecified atom stereocenters. The summed E-state index contributed by atoms with van der Waals surface area (Å²) >= 11 is 0. The van der Waals surface area contributed by atoms with E-state index in [-0.39, 0.29) is 12.1 Å². The lowest BCUT2D eigenvalue weighted by atomic mass is 9.91. The standard InChI is InChI=1S/C16H15NO5/c1-22-15-5-3-2-4-13(15)14(16(18)19)10-11-6-8-12(9-7-11)17(20)21/h2-9,14H,10H2,1H3,(H,18,19). The Balaban J connectivity index is 2.29. The van der Waals surface area contributed by atoms with E-state index in [1.165, 1.54) is 19.2 Å². The number of nitrogens with zero attached hydrogens (tertiary/aromatic N) is 1. The second-order valence-corrected chi connectivity index (χ2v) is 4.76. The van der Waals surface area contributed by atoms with Crippen LogP contribution in [0.1, 0.15) is 17.0 Å². The fraction of sp³-hybridized carbons (Fsp3) is 0.188. The van der Waals surface area contributed by atoms with Gasteiger partial charge in [-0.25, -0.2) is 0 Å². The van der Waals surface area contributed by atoms with Crippen molar-refractivity contribution in [2.75, 3.05) is 7.11 Å². The molecule has 1 atom stereocenters. The first-order chi connectivity index (χ1) is 10.5. The summed E-state index contributed by atoms with van der Waals surface area (Å²) in [5.41, 5.74) is 1.27. The van der Waals surface area contributed by atoms with Crippen LogP contribution in [0.15, 0.2) is 48.5 Å². The van der Waals surface area contributed by atoms with Gasteiger partial charge in [0.25, 0.3) is 5.69 Å². The molecular weight excluding hydrogens is 286 g/mol. The van der Waals surface area contributed by atoms with Crippen LogP contribution in [0.25, 0.3) is 0 Å². The fourth-order valence-corrected chi connectivity index (χ4v) is 2.27. The van der Waals surface area contributed by atoms with Crippen molar-refractivity contribution in [2.24, 2.45) is 0 Å². The highest BCUT2D eigenvalue weighted by molar-refractivity contribution is 5.77. The SMILES string of the molecule is COc1ccccc1C(Cc1ccc([N+](=O)[O-])cc1)C(=O)O. The maximum Gasteiger partial charge on any atom is 0.311 e. The predicted octanol–water partition coefficient (Wildman–Crippen LogP) is 3.01. The Hall–Kier alpha value is -2.89. The minimum atomic E-state index is -0.970. The van der Waals surface area contributed by atoms with Gasteiger partial charge in [-0.05, 0) is 18.1 Å². The van der Waals surface area contributed by atoms with Gasteiger partial charge in [0, 0.05) is 17.7 Å². The van der Waals surface area contributed by atoms with Crippen LogP contribution in [0.2, 0.25) is 0 Å². The van der Waals surface area contributed by atoms with Gasteiger partial charge >= 0.3 is 5.97 Å². The molecular formula is C16H15NO5. The molecule has 0 bridgehead atoms. The maximum atomic E-state index is 11.6. The zero-order valence-electron chi connectivity index (χ0n) is 11.9. The molecule has 6 heteroatoms.